The Kier molecular flexibility index (Phi) is 5.99. The maximum absolute atomic E-state index is 13.3. The van der Waals surface area contributed by atoms with Crippen molar-refractivity contribution < 1.29 is 9.63 Å². The minimum atomic E-state index is -0.774. The van der Waals surface area contributed by atoms with Crippen molar-refractivity contribution in [1.82, 2.24) is 9.63 Å². The van der Waals surface area contributed by atoms with Crippen molar-refractivity contribution in [3.8, 4) is 11.8 Å². The van der Waals surface area contributed by atoms with Crippen molar-refractivity contribution in [2.45, 2.75) is 44.6 Å². The summed E-state index contributed by atoms with van der Waals surface area (Å²) in [7, 11) is 1.55. The molecular formula is C25H25BrN2O2. The second-order valence-electron chi connectivity index (χ2n) is 7.58. The molecule has 30 heavy (non-hydrogen) atoms. The second-order valence-corrected chi connectivity index (χ2v) is 8.49. The Labute approximate surface area is 185 Å². The van der Waals surface area contributed by atoms with E-state index < -0.39 is 5.54 Å². The molecule has 2 aromatic carbocycles. The van der Waals surface area contributed by atoms with Gasteiger partial charge in [-0.1, -0.05) is 71.4 Å². The van der Waals surface area contributed by atoms with E-state index in [1.165, 1.54) is 10.6 Å². The number of carbonyl (C=O) groups is 1. The summed E-state index contributed by atoms with van der Waals surface area (Å²) < 4.78 is 2.75. The van der Waals surface area contributed by atoms with Gasteiger partial charge in [-0.05, 0) is 49.1 Å². The SMILES string of the molecule is CCCCC1(C#CCCc2ccccc2)c2cc3cc(Br)ccc3n2C(=O)N1OC. The summed E-state index contributed by atoms with van der Waals surface area (Å²) in [4.78, 5) is 18.9. The van der Waals surface area contributed by atoms with Gasteiger partial charge in [0.25, 0.3) is 0 Å². The number of fused-ring (bicyclic) bond motifs is 3. The van der Waals surface area contributed by atoms with Gasteiger partial charge in [0.05, 0.1) is 18.3 Å². The zero-order valence-corrected chi connectivity index (χ0v) is 18.9. The predicted molar refractivity (Wildman–Crippen MR) is 123 cm³/mol. The summed E-state index contributed by atoms with van der Waals surface area (Å²) in [5, 5.41) is 2.49. The van der Waals surface area contributed by atoms with Gasteiger partial charge in [0.15, 0.2) is 5.54 Å². The molecule has 0 saturated carbocycles. The van der Waals surface area contributed by atoms with Crippen molar-refractivity contribution in [2.24, 2.45) is 0 Å². The number of amides is 1. The Bertz CT molecular complexity index is 1130. The van der Waals surface area contributed by atoms with E-state index in [2.05, 4.69) is 52.9 Å². The van der Waals surface area contributed by atoms with E-state index in [-0.39, 0.29) is 6.03 Å². The zero-order chi connectivity index (χ0) is 21.1. The van der Waals surface area contributed by atoms with Crippen LogP contribution in [0.4, 0.5) is 4.79 Å². The molecule has 1 unspecified atom stereocenters. The highest BCUT2D eigenvalue weighted by atomic mass is 79.9. The van der Waals surface area contributed by atoms with Gasteiger partial charge in [-0.2, -0.15) is 5.06 Å². The monoisotopic (exact) mass is 464 g/mol. The van der Waals surface area contributed by atoms with E-state index in [0.717, 1.165) is 53.2 Å². The minimum Gasteiger partial charge on any atom is -0.271 e. The molecule has 1 aliphatic heterocycles. The quantitative estimate of drug-likeness (QED) is 0.402. The van der Waals surface area contributed by atoms with Crippen LogP contribution in [0.25, 0.3) is 10.9 Å². The lowest BCUT2D eigenvalue weighted by molar-refractivity contribution is -0.134. The van der Waals surface area contributed by atoms with Crippen LogP contribution in [-0.4, -0.2) is 22.8 Å². The van der Waals surface area contributed by atoms with Crippen LogP contribution in [0.2, 0.25) is 0 Å². The number of nitrogens with zero attached hydrogens (tertiary/aromatic N) is 2. The minimum absolute atomic E-state index is 0.182. The molecule has 1 atom stereocenters. The molecule has 0 aliphatic carbocycles. The number of hydrogen-bond donors (Lipinski definition) is 0. The summed E-state index contributed by atoms with van der Waals surface area (Å²) in [5.41, 5.74) is 2.26. The molecule has 0 bridgehead atoms. The number of unbranched alkanes of at least 4 members (excludes halogenated alkanes) is 1. The molecule has 1 aliphatic rings. The molecule has 5 heteroatoms. The van der Waals surface area contributed by atoms with Gasteiger partial charge in [0, 0.05) is 16.3 Å². The van der Waals surface area contributed by atoms with Gasteiger partial charge in [-0.3, -0.25) is 9.40 Å². The average Bonchev–Trinajstić information content (AvgIpc) is 3.23. The second kappa shape index (κ2) is 8.67. The fraction of sp³-hybridized carbons (Fsp3) is 0.320. The normalized spacial score (nSPS) is 17.8. The smallest absolute Gasteiger partial charge is 0.271 e. The molecule has 4 nitrogen and oxygen atoms in total. The Balaban J connectivity index is 1.76. The molecule has 0 saturated heterocycles. The van der Waals surface area contributed by atoms with Gasteiger partial charge >= 0.3 is 6.03 Å². The van der Waals surface area contributed by atoms with Gasteiger partial charge < -0.3 is 0 Å². The molecule has 3 aromatic rings. The number of rotatable bonds is 6. The van der Waals surface area contributed by atoms with Crippen molar-refractivity contribution in [2.75, 3.05) is 7.11 Å². The molecular weight excluding hydrogens is 440 g/mol. The van der Waals surface area contributed by atoms with Crippen molar-refractivity contribution in [3.63, 3.8) is 0 Å². The molecule has 1 aromatic heterocycles. The first-order valence-corrected chi connectivity index (χ1v) is 11.1. The molecule has 0 radical (unpaired) electrons. The molecule has 4 rings (SSSR count). The topological polar surface area (TPSA) is 34.5 Å². The van der Waals surface area contributed by atoms with Crippen LogP contribution in [0.3, 0.4) is 0 Å². The number of hydroxylamine groups is 2. The van der Waals surface area contributed by atoms with Crippen molar-refractivity contribution in [3.05, 3.63) is 70.3 Å². The highest BCUT2D eigenvalue weighted by Gasteiger charge is 2.50. The lowest BCUT2D eigenvalue weighted by Gasteiger charge is -2.31. The van der Waals surface area contributed by atoms with Crippen molar-refractivity contribution >= 4 is 32.9 Å². The summed E-state index contributed by atoms with van der Waals surface area (Å²) in [6.07, 6.45) is 4.32. The number of hydrogen-bond acceptors (Lipinski definition) is 2. The average molecular weight is 465 g/mol. The fourth-order valence-electron chi connectivity index (χ4n) is 4.19. The number of carbonyl (C=O) groups excluding carboxylic acids is 1. The zero-order valence-electron chi connectivity index (χ0n) is 17.3. The highest BCUT2D eigenvalue weighted by molar-refractivity contribution is 9.10. The number of benzene rings is 2. The van der Waals surface area contributed by atoms with Crippen LogP contribution in [0.1, 0.15) is 43.9 Å². The third-order valence-corrected chi connectivity index (χ3v) is 6.14. The van der Waals surface area contributed by atoms with E-state index in [0.29, 0.717) is 0 Å². The fourth-order valence-corrected chi connectivity index (χ4v) is 4.57. The van der Waals surface area contributed by atoms with Gasteiger partial charge in [0.2, 0.25) is 0 Å². The third kappa shape index (κ3) is 3.55. The molecule has 0 N–H and O–H groups in total. The van der Waals surface area contributed by atoms with E-state index >= 15 is 0 Å². The molecule has 154 valence electrons. The Morgan fingerprint density at radius 1 is 1.13 bits per heavy atom. The summed E-state index contributed by atoms with van der Waals surface area (Å²) in [5.74, 6) is 6.82. The first-order valence-electron chi connectivity index (χ1n) is 10.3. The van der Waals surface area contributed by atoms with Gasteiger partial charge in [-0.25, -0.2) is 4.79 Å². The van der Waals surface area contributed by atoms with E-state index in [1.54, 1.807) is 11.7 Å². The summed E-state index contributed by atoms with van der Waals surface area (Å²) in [6, 6.07) is 18.2. The number of aryl methyl sites for hydroxylation is 1. The number of halogens is 1. The maximum Gasteiger partial charge on any atom is 0.354 e. The third-order valence-electron chi connectivity index (χ3n) is 5.65. The summed E-state index contributed by atoms with van der Waals surface area (Å²) >= 11 is 3.53. The molecule has 1 amide bonds. The lowest BCUT2D eigenvalue weighted by Crippen LogP contribution is -2.42. The standard InChI is InChI=1S/C25H25BrN2O2/c1-3-4-15-25(16-9-8-12-19-10-6-5-7-11-19)23-18-20-17-21(26)13-14-22(20)27(23)24(29)28(25)30-2/h5-7,10-11,13-14,17-18H,3-4,8,12,15H2,1-2H3. The van der Waals surface area contributed by atoms with Crippen LogP contribution in [0.15, 0.2) is 59.1 Å². The predicted octanol–water partition coefficient (Wildman–Crippen LogP) is 6.27. The Morgan fingerprint density at radius 2 is 1.93 bits per heavy atom. The Morgan fingerprint density at radius 3 is 2.67 bits per heavy atom. The van der Waals surface area contributed by atoms with Crippen LogP contribution in [0.5, 0.6) is 0 Å². The van der Waals surface area contributed by atoms with E-state index in [4.69, 9.17) is 4.84 Å². The maximum atomic E-state index is 13.3. The first-order chi connectivity index (χ1) is 14.6. The number of aromatic nitrogens is 1. The largest absolute Gasteiger partial charge is 0.354 e. The summed E-state index contributed by atoms with van der Waals surface area (Å²) in [6.45, 7) is 2.15. The van der Waals surface area contributed by atoms with Gasteiger partial charge in [0.1, 0.15) is 0 Å². The van der Waals surface area contributed by atoms with Gasteiger partial charge in [-0.15, -0.1) is 0 Å². The van der Waals surface area contributed by atoms with Crippen LogP contribution in [-0.2, 0) is 16.8 Å². The molecule has 0 fully saturated rings. The highest BCUT2D eigenvalue weighted by Crippen LogP contribution is 2.43. The lowest BCUT2D eigenvalue weighted by atomic mass is 9.89. The van der Waals surface area contributed by atoms with E-state index in [9.17, 15) is 4.79 Å². The first kappa shape index (κ1) is 20.7. The molecule has 0 spiro atoms. The van der Waals surface area contributed by atoms with Crippen molar-refractivity contribution in [1.29, 1.82) is 0 Å². The van der Waals surface area contributed by atoms with Crippen LogP contribution < -0.4 is 0 Å². The van der Waals surface area contributed by atoms with Crippen LogP contribution >= 0.6 is 15.9 Å². The molecule has 2 heterocycles. The van der Waals surface area contributed by atoms with E-state index in [1.807, 2.05) is 36.4 Å². The van der Waals surface area contributed by atoms with Crippen LogP contribution in [0, 0.1) is 11.8 Å². The Hall–Kier alpha value is -2.55.